The van der Waals surface area contributed by atoms with Crippen LogP contribution in [0, 0.1) is 12.3 Å². The fourth-order valence-corrected chi connectivity index (χ4v) is 3.97. The van der Waals surface area contributed by atoms with Gasteiger partial charge in [-0.2, -0.15) is 0 Å². The largest absolute Gasteiger partial charge is 0.329 e. The predicted molar refractivity (Wildman–Crippen MR) is 79.6 cm³/mol. The van der Waals surface area contributed by atoms with E-state index in [0.29, 0.717) is 12.6 Å². The van der Waals surface area contributed by atoms with E-state index in [9.17, 15) is 4.39 Å². The number of halogens is 1. The van der Waals surface area contributed by atoms with Gasteiger partial charge in [0.05, 0.1) is 5.69 Å². The number of aromatic nitrogens is 3. The molecule has 3 atom stereocenters. The molecule has 5 heteroatoms. The second-order valence-electron chi connectivity index (χ2n) is 6.37. The summed E-state index contributed by atoms with van der Waals surface area (Å²) in [4.78, 5) is 8.68. The standard InChI is InChI=1S/C16H19FN4/c1-10-14(17)18-8-16(10)5-3-12(7-16)21-6-4-13-11(2)19-9-20-15(13)21/h4,6,9,12,14,18H,1,3,5,7-8H2,2H3/t12?,14?,16-/m1/s1. The molecule has 21 heavy (non-hydrogen) atoms. The van der Waals surface area contributed by atoms with Crippen LogP contribution in [-0.2, 0) is 0 Å². The van der Waals surface area contributed by atoms with Crippen molar-refractivity contribution >= 4 is 11.0 Å². The van der Waals surface area contributed by atoms with Gasteiger partial charge < -0.3 is 4.57 Å². The number of alkyl halides is 1. The van der Waals surface area contributed by atoms with E-state index >= 15 is 0 Å². The highest BCUT2D eigenvalue weighted by molar-refractivity contribution is 5.78. The van der Waals surface area contributed by atoms with Crippen molar-refractivity contribution in [1.82, 2.24) is 19.9 Å². The Kier molecular flexibility index (Phi) is 2.70. The molecule has 0 amide bonds. The molecule has 3 heterocycles. The Morgan fingerprint density at radius 2 is 2.33 bits per heavy atom. The van der Waals surface area contributed by atoms with E-state index in [1.165, 1.54) is 0 Å². The summed E-state index contributed by atoms with van der Waals surface area (Å²) >= 11 is 0. The molecule has 1 saturated carbocycles. The molecule has 2 aliphatic rings. The van der Waals surface area contributed by atoms with Gasteiger partial charge in [0.2, 0.25) is 0 Å². The van der Waals surface area contributed by atoms with Crippen LogP contribution in [0.1, 0.15) is 31.0 Å². The zero-order chi connectivity index (χ0) is 14.6. The van der Waals surface area contributed by atoms with Crippen molar-refractivity contribution < 1.29 is 4.39 Å². The molecule has 2 fully saturated rings. The number of hydrogen-bond acceptors (Lipinski definition) is 3. The van der Waals surface area contributed by atoms with Crippen molar-refractivity contribution in [1.29, 1.82) is 0 Å². The monoisotopic (exact) mass is 286 g/mol. The van der Waals surface area contributed by atoms with Crippen LogP contribution in [0.5, 0.6) is 0 Å². The van der Waals surface area contributed by atoms with Crippen molar-refractivity contribution in [3.8, 4) is 0 Å². The molecule has 1 aliphatic heterocycles. The Morgan fingerprint density at radius 1 is 1.48 bits per heavy atom. The molecule has 0 radical (unpaired) electrons. The van der Waals surface area contributed by atoms with E-state index in [4.69, 9.17) is 0 Å². The molecule has 1 saturated heterocycles. The maximum absolute atomic E-state index is 13.8. The van der Waals surface area contributed by atoms with Crippen LogP contribution >= 0.6 is 0 Å². The molecule has 0 aromatic carbocycles. The molecule has 2 unspecified atom stereocenters. The Morgan fingerprint density at radius 3 is 3.10 bits per heavy atom. The van der Waals surface area contributed by atoms with Gasteiger partial charge in [0.1, 0.15) is 12.0 Å². The highest BCUT2D eigenvalue weighted by Crippen LogP contribution is 2.52. The van der Waals surface area contributed by atoms with Crippen LogP contribution in [0.15, 0.2) is 30.7 Å². The topological polar surface area (TPSA) is 42.7 Å². The lowest BCUT2D eigenvalue weighted by atomic mass is 9.81. The molecule has 4 nitrogen and oxygen atoms in total. The molecular weight excluding hydrogens is 267 g/mol. The maximum atomic E-state index is 13.8. The molecule has 2 aromatic heterocycles. The average Bonchev–Trinajstić information content (AvgIpc) is 3.15. The fourth-order valence-electron chi connectivity index (χ4n) is 3.97. The van der Waals surface area contributed by atoms with E-state index in [2.05, 4.69) is 38.7 Å². The Labute approximate surface area is 123 Å². The molecule has 0 bridgehead atoms. The molecule has 1 aliphatic carbocycles. The predicted octanol–water partition coefficient (Wildman–Crippen LogP) is 2.91. The van der Waals surface area contributed by atoms with E-state index < -0.39 is 6.30 Å². The third-order valence-electron chi connectivity index (χ3n) is 5.29. The second-order valence-corrected chi connectivity index (χ2v) is 6.37. The minimum Gasteiger partial charge on any atom is -0.329 e. The Hall–Kier alpha value is -1.75. The van der Waals surface area contributed by atoms with Crippen LogP contribution in [0.3, 0.4) is 0 Å². The maximum Gasteiger partial charge on any atom is 0.173 e. The van der Waals surface area contributed by atoms with Crippen molar-refractivity contribution in [2.45, 2.75) is 38.5 Å². The minimum atomic E-state index is -1.05. The van der Waals surface area contributed by atoms with Crippen LogP contribution in [-0.4, -0.2) is 27.4 Å². The number of fused-ring (bicyclic) bond motifs is 1. The Balaban J connectivity index is 1.69. The van der Waals surface area contributed by atoms with E-state index in [0.717, 1.165) is 41.6 Å². The molecule has 1 spiro atoms. The zero-order valence-corrected chi connectivity index (χ0v) is 12.1. The minimum absolute atomic E-state index is 0.0806. The summed E-state index contributed by atoms with van der Waals surface area (Å²) in [5, 5.41) is 4.02. The fraction of sp³-hybridized carbons (Fsp3) is 0.500. The summed E-state index contributed by atoms with van der Waals surface area (Å²) in [6.07, 6.45) is 5.63. The number of rotatable bonds is 1. The van der Waals surface area contributed by atoms with Crippen LogP contribution in [0.2, 0.25) is 0 Å². The first-order valence-corrected chi connectivity index (χ1v) is 7.46. The van der Waals surface area contributed by atoms with Gasteiger partial charge in [-0.1, -0.05) is 6.58 Å². The summed E-state index contributed by atoms with van der Waals surface area (Å²) in [6.45, 7) is 6.70. The van der Waals surface area contributed by atoms with Gasteiger partial charge in [0.15, 0.2) is 6.30 Å². The SMILES string of the molecule is C=C1C(F)NC[C@]12CCC(n1ccc3c(C)ncnc31)C2. The quantitative estimate of drug-likeness (QED) is 0.647. The molecule has 110 valence electrons. The van der Waals surface area contributed by atoms with Gasteiger partial charge in [0.25, 0.3) is 0 Å². The van der Waals surface area contributed by atoms with Gasteiger partial charge in [-0.3, -0.25) is 5.32 Å². The lowest BCUT2D eigenvalue weighted by molar-refractivity contribution is 0.351. The summed E-state index contributed by atoms with van der Waals surface area (Å²) < 4.78 is 16.0. The lowest BCUT2D eigenvalue weighted by Gasteiger charge is -2.24. The van der Waals surface area contributed by atoms with Crippen LogP contribution in [0.4, 0.5) is 4.39 Å². The molecule has 2 aromatic rings. The third-order valence-corrected chi connectivity index (χ3v) is 5.29. The first kappa shape index (κ1) is 13.0. The summed E-state index contributed by atoms with van der Waals surface area (Å²) in [6, 6.07) is 2.44. The zero-order valence-electron chi connectivity index (χ0n) is 12.1. The average molecular weight is 286 g/mol. The second kappa shape index (κ2) is 4.37. The van der Waals surface area contributed by atoms with Crippen molar-refractivity contribution in [2.24, 2.45) is 5.41 Å². The van der Waals surface area contributed by atoms with E-state index in [1.54, 1.807) is 6.33 Å². The Bertz CT molecular complexity index is 722. The normalized spacial score (nSPS) is 32.6. The highest BCUT2D eigenvalue weighted by atomic mass is 19.1. The smallest absolute Gasteiger partial charge is 0.173 e. The summed E-state index contributed by atoms with van der Waals surface area (Å²) in [5.74, 6) is 0. The van der Waals surface area contributed by atoms with Gasteiger partial charge >= 0.3 is 0 Å². The number of hydrogen-bond donors (Lipinski definition) is 1. The van der Waals surface area contributed by atoms with Crippen LogP contribution in [0.25, 0.3) is 11.0 Å². The molecule has 1 N–H and O–H groups in total. The van der Waals surface area contributed by atoms with E-state index in [-0.39, 0.29) is 5.41 Å². The third kappa shape index (κ3) is 1.77. The first-order chi connectivity index (χ1) is 10.1. The van der Waals surface area contributed by atoms with Gasteiger partial charge in [0, 0.05) is 29.6 Å². The van der Waals surface area contributed by atoms with E-state index in [1.807, 2.05) is 6.92 Å². The number of aryl methyl sites for hydroxylation is 1. The summed E-state index contributed by atoms with van der Waals surface area (Å²) in [5.41, 5.74) is 2.63. The van der Waals surface area contributed by atoms with Gasteiger partial charge in [-0.15, -0.1) is 0 Å². The number of nitrogens with one attached hydrogen (secondary N) is 1. The van der Waals surface area contributed by atoms with Crippen molar-refractivity contribution in [3.63, 3.8) is 0 Å². The van der Waals surface area contributed by atoms with Crippen molar-refractivity contribution in [2.75, 3.05) is 6.54 Å². The first-order valence-electron chi connectivity index (χ1n) is 7.46. The molecular formula is C16H19FN4. The van der Waals surface area contributed by atoms with Crippen LogP contribution < -0.4 is 5.32 Å². The molecule has 4 rings (SSSR count). The van der Waals surface area contributed by atoms with Gasteiger partial charge in [-0.05, 0) is 37.8 Å². The number of nitrogens with zero attached hydrogens (tertiary/aromatic N) is 3. The summed E-state index contributed by atoms with van der Waals surface area (Å²) in [7, 11) is 0. The van der Waals surface area contributed by atoms with Crippen molar-refractivity contribution in [3.05, 3.63) is 36.4 Å². The van der Waals surface area contributed by atoms with Gasteiger partial charge in [-0.25, -0.2) is 14.4 Å². The highest BCUT2D eigenvalue weighted by Gasteiger charge is 2.48. The lowest BCUT2D eigenvalue weighted by Crippen LogP contribution is -2.22.